The van der Waals surface area contributed by atoms with Gasteiger partial charge in [0.05, 0.1) is 11.2 Å². The first kappa shape index (κ1) is 28.0. The monoisotopic (exact) mass is 652 g/mol. The number of hydrogen-bond acceptors (Lipinski definition) is 4. The molecule has 0 saturated heterocycles. The van der Waals surface area contributed by atoms with E-state index in [1.807, 2.05) is 36.4 Å². The molecule has 11 rings (SSSR count). The number of furan rings is 2. The zero-order chi connectivity index (χ0) is 33.5. The fourth-order valence-electron chi connectivity index (χ4n) is 7.64. The van der Waals surface area contributed by atoms with Crippen LogP contribution < -0.4 is 4.90 Å². The first-order valence-electron chi connectivity index (χ1n) is 17.2. The molecule has 0 amide bonds. The molecule has 0 spiro atoms. The van der Waals surface area contributed by atoms with Gasteiger partial charge >= 0.3 is 0 Å². The van der Waals surface area contributed by atoms with E-state index in [4.69, 9.17) is 13.8 Å². The lowest BCUT2D eigenvalue weighted by Crippen LogP contribution is -2.10. The number of nitrogens with zero attached hydrogens (tertiary/aromatic N) is 2. The van der Waals surface area contributed by atoms with Gasteiger partial charge in [-0.1, -0.05) is 84.9 Å². The maximum Gasteiger partial charge on any atom is 0.136 e. The van der Waals surface area contributed by atoms with E-state index >= 15 is 0 Å². The third-order valence-corrected chi connectivity index (χ3v) is 10.2. The van der Waals surface area contributed by atoms with Crippen molar-refractivity contribution in [3.8, 4) is 11.3 Å². The second kappa shape index (κ2) is 10.8. The van der Waals surface area contributed by atoms with Crippen LogP contribution in [0.5, 0.6) is 0 Å². The van der Waals surface area contributed by atoms with Crippen molar-refractivity contribution in [1.82, 2.24) is 4.98 Å². The average Bonchev–Trinajstić information content (AvgIpc) is 3.73. The standard InChI is InChI=1S/C47H28N2O2/c1-4-10-42-29(7-1)17-22-43(48-42)30-13-18-35(19-14-30)49(36-20-15-31-25-40-38-8-2-5-11-44(38)50-46(40)27-33(31)23-36)37-21-16-32-26-41-39-9-3-6-12-45(39)51-47(41)28-34(32)24-37/h1-28H. The van der Waals surface area contributed by atoms with Crippen molar-refractivity contribution in [2.45, 2.75) is 0 Å². The van der Waals surface area contributed by atoms with Gasteiger partial charge in [0, 0.05) is 49.6 Å². The second-order valence-corrected chi connectivity index (χ2v) is 13.2. The van der Waals surface area contributed by atoms with Crippen molar-refractivity contribution in [2.75, 3.05) is 4.90 Å². The van der Waals surface area contributed by atoms with Gasteiger partial charge in [-0.3, -0.25) is 0 Å². The molecule has 0 radical (unpaired) electrons. The molecule has 11 aromatic rings. The van der Waals surface area contributed by atoms with E-state index in [1.165, 1.54) is 10.8 Å². The van der Waals surface area contributed by atoms with E-state index in [2.05, 4.69) is 138 Å². The highest BCUT2D eigenvalue weighted by atomic mass is 16.3. The molecule has 3 aromatic heterocycles. The number of rotatable bonds is 4. The zero-order valence-corrected chi connectivity index (χ0v) is 27.4. The molecule has 4 nitrogen and oxygen atoms in total. The van der Waals surface area contributed by atoms with Crippen LogP contribution >= 0.6 is 0 Å². The highest BCUT2D eigenvalue weighted by molar-refractivity contribution is 6.12. The summed E-state index contributed by atoms with van der Waals surface area (Å²) in [4.78, 5) is 7.28. The molecular formula is C47H28N2O2. The van der Waals surface area contributed by atoms with E-state index in [0.717, 1.165) is 93.9 Å². The van der Waals surface area contributed by atoms with Gasteiger partial charge in [0.2, 0.25) is 0 Å². The van der Waals surface area contributed by atoms with E-state index in [1.54, 1.807) is 0 Å². The second-order valence-electron chi connectivity index (χ2n) is 13.2. The fraction of sp³-hybridized carbons (Fsp3) is 0. The summed E-state index contributed by atoms with van der Waals surface area (Å²) in [5.41, 5.74) is 9.76. The Kier molecular flexibility index (Phi) is 5.92. The number of benzene rings is 8. The van der Waals surface area contributed by atoms with Crippen LogP contribution in [0.25, 0.3) is 87.6 Å². The average molecular weight is 653 g/mol. The van der Waals surface area contributed by atoms with Crippen LogP contribution in [0.3, 0.4) is 0 Å². The lowest BCUT2D eigenvalue weighted by atomic mass is 10.0. The molecule has 4 heteroatoms. The molecule has 0 N–H and O–H groups in total. The van der Waals surface area contributed by atoms with Gasteiger partial charge in [0.25, 0.3) is 0 Å². The molecule has 0 fully saturated rings. The van der Waals surface area contributed by atoms with Gasteiger partial charge in [-0.25, -0.2) is 4.98 Å². The van der Waals surface area contributed by atoms with E-state index in [-0.39, 0.29) is 0 Å². The third kappa shape index (κ3) is 4.50. The molecule has 51 heavy (non-hydrogen) atoms. The Morgan fingerprint density at radius 1 is 0.353 bits per heavy atom. The number of para-hydroxylation sites is 3. The minimum atomic E-state index is 0.889. The Labute approximate surface area is 292 Å². The molecule has 0 saturated carbocycles. The van der Waals surface area contributed by atoms with Crippen LogP contribution in [0.1, 0.15) is 0 Å². The van der Waals surface area contributed by atoms with E-state index in [9.17, 15) is 0 Å². The number of hydrogen-bond donors (Lipinski definition) is 0. The van der Waals surface area contributed by atoms with Gasteiger partial charge in [-0.15, -0.1) is 0 Å². The normalized spacial score (nSPS) is 11.9. The molecular weight excluding hydrogens is 625 g/mol. The molecule has 0 aliphatic heterocycles. The summed E-state index contributed by atoms with van der Waals surface area (Å²) in [7, 11) is 0. The van der Waals surface area contributed by atoms with Gasteiger partial charge < -0.3 is 13.7 Å². The molecule has 0 atom stereocenters. The summed E-state index contributed by atoms with van der Waals surface area (Å²) in [5, 5.41) is 10.2. The Bertz CT molecular complexity index is 3000. The van der Waals surface area contributed by atoms with Crippen LogP contribution in [0.2, 0.25) is 0 Å². The highest BCUT2D eigenvalue weighted by Gasteiger charge is 2.17. The summed E-state index contributed by atoms with van der Waals surface area (Å²) < 4.78 is 12.6. The van der Waals surface area contributed by atoms with Crippen molar-refractivity contribution in [3.05, 3.63) is 170 Å². The Hall–Kier alpha value is -6.91. The maximum atomic E-state index is 6.29. The van der Waals surface area contributed by atoms with Crippen molar-refractivity contribution >= 4 is 93.4 Å². The molecule has 8 aromatic carbocycles. The quantitative estimate of drug-likeness (QED) is 0.190. The summed E-state index contributed by atoms with van der Waals surface area (Å²) in [5.74, 6) is 0. The fourth-order valence-corrected chi connectivity index (χ4v) is 7.64. The minimum absolute atomic E-state index is 0.889. The highest BCUT2D eigenvalue weighted by Crippen LogP contribution is 2.41. The van der Waals surface area contributed by atoms with Crippen LogP contribution in [-0.2, 0) is 0 Å². The summed E-state index contributed by atoms with van der Waals surface area (Å²) >= 11 is 0. The van der Waals surface area contributed by atoms with Crippen molar-refractivity contribution in [3.63, 3.8) is 0 Å². The molecule has 0 aliphatic carbocycles. The zero-order valence-electron chi connectivity index (χ0n) is 27.4. The summed E-state index contributed by atoms with van der Waals surface area (Å²) in [6.45, 7) is 0. The Morgan fingerprint density at radius 2 is 0.882 bits per heavy atom. The lowest BCUT2D eigenvalue weighted by molar-refractivity contribution is 0.669. The topological polar surface area (TPSA) is 42.4 Å². The van der Waals surface area contributed by atoms with Gasteiger partial charge in [-0.2, -0.15) is 0 Å². The number of anilines is 3. The smallest absolute Gasteiger partial charge is 0.136 e. The van der Waals surface area contributed by atoms with Gasteiger partial charge in [0.15, 0.2) is 0 Å². The summed E-state index contributed by atoms with van der Waals surface area (Å²) in [6.07, 6.45) is 0. The first-order chi connectivity index (χ1) is 25.2. The molecule has 0 unspecified atom stereocenters. The van der Waals surface area contributed by atoms with Gasteiger partial charge in [0.1, 0.15) is 22.3 Å². The van der Waals surface area contributed by atoms with Crippen LogP contribution in [0.15, 0.2) is 179 Å². The molecule has 238 valence electrons. The van der Waals surface area contributed by atoms with Gasteiger partial charge in [-0.05, 0) is 106 Å². The predicted molar refractivity (Wildman–Crippen MR) is 211 cm³/mol. The summed E-state index contributed by atoms with van der Waals surface area (Å²) in [6, 6.07) is 59.8. The number of pyridine rings is 1. The Morgan fingerprint density at radius 3 is 1.51 bits per heavy atom. The minimum Gasteiger partial charge on any atom is -0.456 e. The van der Waals surface area contributed by atoms with Crippen LogP contribution in [-0.4, -0.2) is 4.98 Å². The molecule has 0 bridgehead atoms. The largest absolute Gasteiger partial charge is 0.456 e. The maximum absolute atomic E-state index is 6.29. The number of aromatic nitrogens is 1. The number of fused-ring (bicyclic) bond motifs is 9. The lowest BCUT2D eigenvalue weighted by Gasteiger charge is -2.26. The Balaban J connectivity index is 1.07. The SMILES string of the molecule is c1ccc2nc(-c3ccc(N(c4ccc5cc6c(cc5c4)oc4ccccc46)c4ccc5cc6c(cc5c4)oc4ccccc46)cc3)ccc2c1. The molecule has 3 heterocycles. The van der Waals surface area contributed by atoms with Crippen LogP contribution in [0.4, 0.5) is 17.1 Å². The van der Waals surface area contributed by atoms with Crippen molar-refractivity contribution < 1.29 is 8.83 Å². The van der Waals surface area contributed by atoms with E-state index < -0.39 is 0 Å². The van der Waals surface area contributed by atoms with Crippen molar-refractivity contribution in [1.29, 1.82) is 0 Å². The van der Waals surface area contributed by atoms with E-state index in [0.29, 0.717) is 0 Å². The first-order valence-corrected chi connectivity index (χ1v) is 17.2. The predicted octanol–water partition coefficient (Wildman–Crippen LogP) is 13.5. The van der Waals surface area contributed by atoms with Crippen molar-refractivity contribution in [2.24, 2.45) is 0 Å². The molecule has 0 aliphatic rings. The van der Waals surface area contributed by atoms with Crippen LogP contribution in [0, 0.1) is 0 Å². The third-order valence-electron chi connectivity index (χ3n) is 10.2.